The molecule has 0 spiro atoms. The van der Waals surface area contributed by atoms with Gasteiger partial charge in [0.05, 0.1) is 18.8 Å². The van der Waals surface area contributed by atoms with Crippen molar-refractivity contribution in [3.63, 3.8) is 0 Å². The van der Waals surface area contributed by atoms with Gasteiger partial charge in [0.25, 0.3) is 0 Å². The molecule has 2 atom stereocenters. The Hall–Kier alpha value is -1.12. The number of nitrogens with one attached hydrogen (secondary N) is 1. The Bertz CT molecular complexity index is 464. The molecule has 2 rings (SSSR count). The topological polar surface area (TPSA) is 41.6 Å². The van der Waals surface area contributed by atoms with Crippen molar-refractivity contribution in [2.75, 3.05) is 26.2 Å². The molecule has 0 unspecified atom stereocenters. The lowest BCUT2D eigenvalue weighted by Crippen LogP contribution is -2.48. The van der Waals surface area contributed by atoms with Crippen LogP contribution in [0.1, 0.15) is 18.6 Å². The molecular formula is C13H17F3N2O2S. The standard InChI is InChI=1S/C13H17F3N2O2S/c1-9-4-18(6-12(19)17-8-13(14,15)16)5-11(20-9)10-2-3-21-7-10/h2-3,7,9,11H,4-6,8H2,1H3,(H,17,19)/t9-,11+/m0/s1. The Balaban J connectivity index is 1.86. The van der Waals surface area contributed by atoms with Crippen molar-refractivity contribution >= 4 is 17.2 Å². The second-order valence-corrected chi connectivity index (χ2v) is 5.86. The van der Waals surface area contributed by atoms with Gasteiger partial charge in [-0.3, -0.25) is 9.69 Å². The molecule has 8 heteroatoms. The van der Waals surface area contributed by atoms with Gasteiger partial charge in [-0.15, -0.1) is 0 Å². The van der Waals surface area contributed by atoms with E-state index in [0.29, 0.717) is 13.1 Å². The monoisotopic (exact) mass is 322 g/mol. The Morgan fingerprint density at radius 1 is 1.52 bits per heavy atom. The maximum Gasteiger partial charge on any atom is 0.405 e. The van der Waals surface area contributed by atoms with Crippen LogP contribution in [0.15, 0.2) is 16.8 Å². The van der Waals surface area contributed by atoms with Gasteiger partial charge in [-0.05, 0) is 29.3 Å². The summed E-state index contributed by atoms with van der Waals surface area (Å²) in [6.07, 6.45) is -4.60. The van der Waals surface area contributed by atoms with Gasteiger partial charge in [0.15, 0.2) is 0 Å². The predicted octanol–water partition coefficient (Wildman–Crippen LogP) is 2.19. The molecule has 0 radical (unpaired) electrons. The molecule has 0 saturated carbocycles. The highest BCUT2D eigenvalue weighted by atomic mass is 32.1. The van der Waals surface area contributed by atoms with Crippen molar-refractivity contribution in [2.45, 2.75) is 25.3 Å². The predicted molar refractivity (Wildman–Crippen MR) is 73.1 cm³/mol. The summed E-state index contributed by atoms with van der Waals surface area (Å²) in [6.45, 7) is 1.57. The molecular weight excluding hydrogens is 305 g/mol. The number of carbonyl (C=O) groups excluding carboxylic acids is 1. The SMILES string of the molecule is C[C@H]1CN(CC(=O)NCC(F)(F)F)C[C@H](c2ccsc2)O1. The maximum absolute atomic E-state index is 12.1. The number of nitrogens with zero attached hydrogens (tertiary/aromatic N) is 1. The molecule has 1 aliphatic heterocycles. The molecule has 1 saturated heterocycles. The summed E-state index contributed by atoms with van der Waals surface area (Å²) in [4.78, 5) is 13.4. The highest BCUT2D eigenvalue weighted by Gasteiger charge is 2.30. The van der Waals surface area contributed by atoms with Crippen molar-refractivity contribution < 1.29 is 22.7 Å². The van der Waals surface area contributed by atoms with Crippen molar-refractivity contribution in [1.29, 1.82) is 0 Å². The lowest BCUT2D eigenvalue weighted by molar-refractivity contribution is -0.141. The minimum Gasteiger partial charge on any atom is -0.368 e. The van der Waals surface area contributed by atoms with E-state index in [9.17, 15) is 18.0 Å². The largest absolute Gasteiger partial charge is 0.405 e. The molecule has 1 aromatic rings. The molecule has 1 N–H and O–H groups in total. The van der Waals surface area contributed by atoms with Crippen LogP contribution in [-0.2, 0) is 9.53 Å². The zero-order valence-corrected chi connectivity index (χ0v) is 12.3. The third-order valence-electron chi connectivity index (χ3n) is 3.10. The van der Waals surface area contributed by atoms with Crippen molar-refractivity contribution in [2.24, 2.45) is 0 Å². The summed E-state index contributed by atoms with van der Waals surface area (Å²) >= 11 is 1.56. The molecule has 1 fully saturated rings. The number of amides is 1. The van der Waals surface area contributed by atoms with Gasteiger partial charge in [0.1, 0.15) is 6.54 Å². The van der Waals surface area contributed by atoms with Gasteiger partial charge in [-0.1, -0.05) is 0 Å². The fourth-order valence-corrected chi connectivity index (χ4v) is 2.97. The van der Waals surface area contributed by atoms with Crippen LogP contribution >= 0.6 is 11.3 Å². The third kappa shape index (κ3) is 5.29. The van der Waals surface area contributed by atoms with Crippen LogP contribution < -0.4 is 5.32 Å². The first kappa shape index (κ1) is 16.3. The van der Waals surface area contributed by atoms with Gasteiger partial charge in [0.2, 0.25) is 5.91 Å². The number of rotatable bonds is 4. The highest BCUT2D eigenvalue weighted by Crippen LogP contribution is 2.26. The average molecular weight is 322 g/mol. The summed E-state index contributed by atoms with van der Waals surface area (Å²) < 4.78 is 42.0. The van der Waals surface area contributed by atoms with Crippen LogP contribution in [0.2, 0.25) is 0 Å². The quantitative estimate of drug-likeness (QED) is 0.924. The molecule has 0 bridgehead atoms. The first-order chi connectivity index (χ1) is 9.83. The smallest absolute Gasteiger partial charge is 0.368 e. The minimum absolute atomic E-state index is 0.0512. The van der Waals surface area contributed by atoms with Crippen LogP contribution in [0.25, 0.3) is 0 Å². The van der Waals surface area contributed by atoms with E-state index in [4.69, 9.17) is 4.74 Å². The van der Waals surface area contributed by atoms with Crippen LogP contribution in [0, 0.1) is 0 Å². The number of halogens is 3. The van der Waals surface area contributed by atoms with Crippen LogP contribution in [0.4, 0.5) is 13.2 Å². The number of hydrogen-bond acceptors (Lipinski definition) is 4. The van der Waals surface area contributed by atoms with E-state index in [2.05, 4.69) is 0 Å². The van der Waals surface area contributed by atoms with E-state index < -0.39 is 18.6 Å². The first-order valence-corrected chi connectivity index (χ1v) is 7.51. The van der Waals surface area contributed by atoms with Gasteiger partial charge in [-0.25, -0.2) is 0 Å². The Morgan fingerprint density at radius 3 is 2.90 bits per heavy atom. The zero-order chi connectivity index (χ0) is 15.5. The molecule has 2 heterocycles. The lowest BCUT2D eigenvalue weighted by atomic mass is 10.1. The van der Waals surface area contributed by atoms with Gasteiger partial charge in [-0.2, -0.15) is 24.5 Å². The summed E-state index contributed by atoms with van der Waals surface area (Å²) in [5.74, 6) is -0.620. The van der Waals surface area contributed by atoms with E-state index in [-0.39, 0.29) is 18.8 Å². The van der Waals surface area contributed by atoms with Crippen LogP contribution in [-0.4, -0.2) is 49.3 Å². The maximum atomic E-state index is 12.1. The van der Waals surface area contributed by atoms with Crippen LogP contribution in [0.5, 0.6) is 0 Å². The second kappa shape index (κ2) is 6.76. The Kier molecular flexibility index (Phi) is 5.23. The van der Waals surface area contributed by atoms with Crippen LogP contribution in [0.3, 0.4) is 0 Å². The fraction of sp³-hybridized carbons (Fsp3) is 0.615. The fourth-order valence-electron chi connectivity index (χ4n) is 2.27. The molecule has 1 aliphatic rings. The summed E-state index contributed by atoms with van der Waals surface area (Å²) in [5.41, 5.74) is 1.03. The van der Waals surface area contributed by atoms with E-state index in [1.54, 1.807) is 11.3 Å². The number of ether oxygens (including phenoxy) is 1. The number of carbonyl (C=O) groups is 1. The third-order valence-corrected chi connectivity index (χ3v) is 3.81. The van der Waals surface area contributed by atoms with Gasteiger partial charge < -0.3 is 10.1 Å². The number of thiophene rings is 1. The minimum atomic E-state index is -4.38. The van der Waals surface area contributed by atoms with Crippen molar-refractivity contribution in [3.8, 4) is 0 Å². The van der Waals surface area contributed by atoms with E-state index in [1.165, 1.54) is 0 Å². The Morgan fingerprint density at radius 2 is 2.29 bits per heavy atom. The van der Waals surface area contributed by atoms with E-state index in [1.807, 2.05) is 34.0 Å². The zero-order valence-electron chi connectivity index (χ0n) is 11.5. The van der Waals surface area contributed by atoms with Gasteiger partial charge >= 0.3 is 6.18 Å². The molecule has 0 aromatic carbocycles. The van der Waals surface area contributed by atoms with Gasteiger partial charge in [0, 0.05) is 13.1 Å². The number of hydrogen-bond donors (Lipinski definition) is 1. The van der Waals surface area contributed by atoms with E-state index >= 15 is 0 Å². The molecule has 1 aromatic heterocycles. The first-order valence-electron chi connectivity index (χ1n) is 6.57. The highest BCUT2D eigenvalue weighted by molar-refractivity contribution is 7.07. The molecule has 1 amide bonds. The average Bonchev–Trinajstić information content (AvgIpc) is 2.88. The summed E-state index contributed by atoms with van der Waals surface area (Å²) in [7, 11) is 0. The molecule has 4 nitrogen and oxygen atoms in total. The number of alkyl halides is 3. The summed E-state index contributed by atoms with van der Waals surface area (Å²) in [5, 5.41) is 5.81. The molecule has 118 valence electrons. The molecule has 21 heavy (non-hydrogen) atoms. The Labute approximate surface area is 124 Å². The normalized spacial score (nSPS) is 24.0. The van der Waals surface area contributed by atoms with E-state index in [0.717, 1.165) is 5.56 Å². The van der Waals surface area contributed by atoms with Crippen molar-refractivity contribution in [1.82, 2.24) is 10.2 Å². The number of morpholine rings is 1. The van der Waals surface area contributed by atoms with Crippen molar-refractivity contribution in [3.05, 3.63) is 22.4 Å². The summed E-state index contributed by atoms with van der Waals surface area (Å²) in [6, 6.07) is 1.95. The molecule has 0 aliphatic carbocycles. The lowest BCUT2D eigenvalue weighted by Gasteiger charge is -2.36. The second-order valence-electron chi connectivity index (χ2n) is 5.08.